The van der Waals surface area contributed by atoms with Crippen LogP contribution in [-0.2, 0) is 14.4 Å². The Hall–Kier alpha value is -3.47. The zero-order valence-corrected chi connectivity index (χ0v) is 21.2. The molecule has 0 bridgehead atoms. The quantitative estimate of drug-likeness (QED) is 0.478. The first-order chi connectivity index (χ1) is 18.5. The van der Waals surface area contributed by atoms with Gasteiger partial charge in [0, 0.05) is 31.5 Å². The molecule has 3 atom stereocenters. The van der Waals surface area contributed by atoms with Crippen LogP contribution < -0.4 is 10.6 Å². The van der Waals surface area contributed by atoms with Crippen molar-refractivity contribution in [3.63, 3.8) is 0 Å². The van der Waals surface area contributed by atoms with Gasteiger partial charge in [-0.05, 0) is 61.5 Å². The number of piperidine rings is 1. The minimum Gasteiger partial charge on any atom is -0.475 e. The number of rotatable bonds is 6. The lowest BCUT2D eigenvalue weighted by molar-refractivity contribution is -0.192. The van der Waals surface area contributed by atoms with Gasteiger partial charge in [0.15, 0.2) is 0 Å². The highest BCUT2D eigenvalue weighted by molar-refractivity contribution is 5.86. The molecular formula is C28H31F4N3O4. The molecule has 2 amide bonds. The Labute approximate surface area is 223 Å². The number of carboxylic acids is 1. The number of nitrogens with zero attached hydrogens (tertiary/aromatic N) is 1. The molecule has 2 aromatic carbocycles. The summed E-state index contributed by atoms with van der Waals surface area (Å²) in [5.74, 6) is -2.19. The van der Waals surface area contributed by atoms with E-state index in [0.717, 1.165) is 44.5 Å². The molecule has 39 heavy (non-hydrogen) atoms. The fourth-order valence-corrected chi connectivity index (χ4v) is 5.63. The van der Waals surface area contributed by atoms with Gasteiger partial charge < -0.3 is 20.6 Å². The van der Waals surface area contributed by atoms with Crippen molar-refractivity contribution in [1.82, 2.24) is 15.5 Å². The predicted molar refractivity (Wildman–Crippen MR) is 134 cm³/mol. The molecular weight excluding hydrogens is 518 g/mol. The Bertz CT molecular complexity index is 1170. The number of benzene rings is 2. The minimum absolute atomic E-state index is 0.0854. The molecule has 1 saturated carbocycles. The molecule has 5 rings (SSSR count). The smallest absolute Gasteiger partial charge is 0.475 e. The van der Waals surface area contributed by atoms with Crippen LogP contribution in [0.5, 0.6) is 0 Å². The summed E-state index contributed by atoms with van der Waals surface area (Å²) in [5, 5.41) is 13.3. The van der Waals surface area contributed by atoms with Crippen molar-refractivity contribution in [2.75, 3.05) is 32.7 Å². The van der Waals surface area contributed by atoms with Crippen LogP contribution in [0.1, 0.15) is 42.2 Å². The van der Waals surface area contributed by atoms with Crippen molar-refractivity contribution >= 4 is 17.8 Å². The van der Waals surface area contributed by atoms with Crippen molar-refractivity contribution in [3.05, 3.63) is 71.5 Å². The van der Waals surface area contributed by atoms with Crippen molar-refractivity contribution < 1.29 is 37.1 Å². The van der Waals surface area contributed by atoms with Crippen LogP contribution in [0.25, 0.3) is 0 Å². The number of carbonyl (C=O) groups excluding carboxylic acids is 2. The van der Waals surface area contributed by atoms with Crippen molar-refractivity contribution in [2.24, 2.45) is 11.3 Å². The minimum atomic E-state index is -5.08. The van der Waals surface area contributed by atoms with E-state index >= 15 is 0 Å². The lowest BCUT2D eigenvalue weighted by Crippen LogP contribution is -2.47. The number of carbonyl (C=O) groups is 3. The number of aliphatic carboxylic acids is 1. The fourth-order valence-electron chi connectivity index (χ4n) is 5.63. The molecule has 2 saturated heterocycles. The largest absolute Gasteiger partial charge is 0.490 e. The Morgan fingerprint density at radius 2 is 1.64 bits per heavy atom. The zero-order valence-electron chi connectivity index (χ0n) is 21.2. The maximum Gasteiger partial charge on any atom is 0.490 e. The van der Waals surface area contributed by atoms with E-state index in [0.29, 0.717) is 19.0 Å². The zero-order chi connectivity index (χ0) is 28.2. The standard InChI is InChI=1S/C26H30FN3O2.C2HF3O2/c27-20-8-6-19(7-9-20)23-17-29-25(32)26(23)10-13-30(14-11-26)15-12-28-24(31)22-16-21(22)18-4-2-1-3-5-18;3-2(4,5)1(6)7/h1-9,21-23H,10-17H2,(H,28,31)(H,29,32);(H,6,7)/t21?,22?,23-;/m1./s1. The summed E-state index contributed by atoms with van der Waals surface area (Å²) in [7, 11) is 0. The first-order valence-corrected chi connectivity index (χ1v) is 12.9. The summed E-state index contributed by atoms with van der Waals surface area (Å²) in [5.41, 5.74) is 1.87. The normalized spacial score (nSPS) is 23.9. The second kappa shape index (κ2) is 11.7. The van der Waals surface area contributed by atoms with E-state index in [1.165, 1.54) is 17.7 Å². The molecule has 210 valence electrons. The summed E-state index contributed by atoms with van der Waals surface area (Å²) >= 11 is 0. The first-order valence-electron chi connectivity index (χ1n) is 12.9. The molecule has 1 spiro atoms. The number of alkyl halides is 3. The lowest BCUT2D eigenvalue weighted by Gasteiger charge is -2.41. The van der Waals surface area contributed by atoms with Gasteiger partial charge in [0.2, 0.25) is 11.8 Å². The van der Waals surface area contributed by atoms with Crippen LogP contribution in [0.2, 0.25) is 0 Å². The van der Waals surface area contributed by atoms with Crippen LogP contribution in [0.3, 0.4) is 0 Å². The molecule has 0 radical (unpaired) electrons. The Balaban J connectivity index is 0.000000448. The second-order valence-electron chi connectivity index (χ2n) is 10.3. The summed E-state index contributed by atoms with van der Waals surface area (Å²) < 4.78 is 45.1. The third-order valence-electron chi connectivity index (χ3n) is 7.93. The Morgan fingerprint density at radius 1 is 1.03 bits per heavy atom. The van der Waals surface area contributed by atoms with E-state index in [9.17, 15) is 27.2 Å². The van der Waals surface area contributed by atoms with Gasteiger partial charge in [-0.25, -0.2) is 9.18 Å². The van der Waals surface area contributed by atoms with Gasteiger partial charge in [0.25, 0.3) is 0 Å². The molecule has 3 aliphatic rings. The molecule has 2 unspecified atom stereocenters. The highest BCUT2D eigenvalue weighted by Gasteiger charge is 2.52. The SMILES string of the molecule is O=C(NCCN1CCC2(CC1)C(=O)NC[C@@H]2c1ccc(F)cc1)C1CC1c1ccccc1.O=C(O)C(F)(F)F. The highest BCUT2D eigenvalue weighted by Crippen LogP contribution is 2.48. The Morgan fingerprint density at radius 3 is 2.23 bits per heavy atom. The third-order valence-corrected chi connectivity index (χ3v) is 7.93. The number of nitrogens with one attached hydrogen (secondary N) is 2. The first kappa shape index (κ1) is 28.5. The van der Waals surface area contributed by atoms with Crippen LogP contribution in [0, 0.1) is 17.2 Å². The summed E-state index contributed by atoms with van der Waals surface area (Å²) in [6.07, 6.45) is -2.58. The van der Waals surface area contributed by atoms with Gasteiger partial charge in [-0.3, -0.25) is 9.59 Å². The van der Waals surface area contributed by atoms with E-state index < -0.39 is 17.6 Å². The Kier molecular flexibility index (Phi) is 8.58. The summed E-state index contributed by atoms with van der Waals surface area (Å²) in [4.78, 5) is 36.5. The highest BCUT2D eigenvalue weighted by atomic mass is 19.4. The number of amides is 2. The van der Waals surface area contributed by atoms with Crippen molar-refractivity contribution in [1.29, 1.82) is 0 Å². The molecule has 2 aromatic rings. The van der Waals surface area contributed by atoms with Gasteiger partial charge in [-0.1, -0.05) is 42.5 Å². The van der Waals surface area contributed by atoms with Gasteiger partial charge in [0.05, 0.1) is 5.41 Å². The predicted octanol–water partition coefficient (Wildman–Crippen LogP) is 3.67. The van der Waals surface area contributed by atoms with E-state index in [1.54, 1.807) is 0 Å². The average Bonchev–Trinajstić information content (AvgIpc) is 3.66. The van der Waals surface area contributed by atoms with Gasteiger partial charge in [-0.15, -0.1) is 0 Å². The van der Waals surface area contributed by atoms with Crippen LogP contribution in [0.15, 0.2) is 54.6 Å². The van der Waals surface area contributed by atoms with Gasteiger partial charge >= 0.3 is 12.1 Å². The van der Waals surface area contributed by atoms with Crippen LogP contribution in [0.4, 0.5) is 17.6 Å². The van der Waals surface area contributed by atoms with Gasteiger partial charge in [0.1, 0.15) is 5.82 Å². The molecule has 3 N–H and O–H groups in total. The monoisotopic (exact) mass is 549 g/mol. The topological polar surface area (TPSA) is 98.7 Å². The summed E-state index contributed by atoms with van der Waals surface area (Å²) in [6.45, 7) is 3.71. The second-order valence-corrected chi connectivity index (χ2v) is 10.3. The van der Waals surface area contributed by atoms with E-state index in [4.69, 9.17) is 9.90 Å². The van der Waals surface area contributed by atoms with Crippen LogP contribution >= 0.6 is 0 Å². The van der Waals surface area contributed by atoms with Crippen LogP contribution in [-0.4, -0.2) is 66.7 Å². The molecule has 2 aliphatic heterocycles. The maximum atomic E-state index is 13.4. The molecule has 2 heterocycles. The number of halogens is 4. The maximum absolute atomic E-state index is 13.4. The molecule has 1 aliphatic carbocycles. The molecule has 7 nitrogen and oxygen atoms in total. The lowest BCUT2D eigenvalue weighted by atomic mass is 9.68. The van der Waals surface area contributed by atoms with Crippen molar-refractivity contribution in [2.45, 2.75) is 37.3 Å². The van der Waals surface area contributed by atoms with Crippen molar-refractivity contribution in [3.8, 4) is 0 Å². The fraction of sp³-hybridized carbons (Fsp3) is 0.464. The summed E-state index contributed by atoms with van der Waals surface area (Å²) in [6, 6.07) is 16.8. The average molecular weight is 550 g/mol. The van der Waals surface area contributed by atoms with E-state index in [-0.39, 0.29) is 29.5 Å². The van der Waals surface area contributed by atoms with E-state index in [1.807, 2.05) is 30.3 Å². The number of hydrogen-bond acceptors (Lipinski definition) is 4. The van der Waals surface area contributed by atoms with Gasteiger partial charge in [-0.2, -0.15) is 13.2 Å². The number of hydrogen-bond donors (Lipinski definition) is 3. The molecule has 3 fully saturated rings. The third kappa shape index (κ3) is 6.76. The van der Waals surface area contributed by atoms with E-state index in [2.05, 4.69) is 27.7 Å². The number of carboxylic acid groups (broad SMARTS) is 1. The molecule has 11 heteroatoms. The number of likely N-dealkylation sites (tertiary alicyclic amines) is 1. The molecule has 0 aromatic heterocycles.